The molecule has 1 amide bonds. The highest BCUT2D eigenvalue weighted by atomic mass is 16.5. The Kier molecular flexibility index (Phi) is 4.50. The number of ether oxygens (including phenoxy) is 1. The molecule has 0 spiro atoms. The van der Waals surface area contributed by atoms with E-state index in [4.69, 9.17) is 9.84 Å². The van der Waals surface area contributed by atoms with Crippen LogP contribution in [0.3, 0.4) is 0 Å². The van der Waals surface area contributed by atoms with E-state index in [2.05, 4.69) is 5.32 Å². The van der Waals surface area contributed by atoms with Crippen molar-refractivity contribution in [1.29, 1.82) is 0 Å². The molecule has 1 aromatic rings. The molecular formula is C16H21NO4. The van der Waals surface area contributed by atoms with Gasteiger partial charge in [-0.15, -0.1) is 0 Å². The Hall–Kier alpha value is -2.04. The fourth-order valence-electron chi connectivity index (χ4n) is 2.55. The lowest BCUT2D eigenvalue weighted by atomic mass is 9.85. The molecule has 0 radical (unpaired) electrons. The van der Waals surface area contributed by atoms with Crippen LogP contribution in [0.25, 0.3) is 0 Å². The molecule has 0 saturated carbocycles. The summed E-state index contributed by atoms with van der Waals surface area (Å²) in [5.74, 6) is -0.179. The first-order chi connectivity index (χ1) is 9.85. The first-order valence-corrected chi connectivity index (χ1v) is 7.13. The Morgan fingerprint density at radius 3 is 2.81 bits per heavy atom. The maximum absolute atomic E-state index is 12.0. The van der Waals surface area contributed by atoms with E-state index in [1.54, 1.807) is 13.8 Å². The zero-order valence-electron chi connectivity index (χ0n) is 12.4. The number of nitrogens with one attached hydrogen (secondary N) is 1. The van der Waals surface area contributed by atoms with Gasteiger partial charge in [-0.3, -0.25) is 9.59 Å². The van der Waals surface area contributed by atoms with Gasteiger partial charge in [0.05, 0.1) is 13.0 Å². The maximum atomic E-state index is 12.0. The van der Waals surface area contributed by atoms with Gasteiger partial charge in [-0.25, -0.2) is 0 Å². The van der Waals surface area contributed by atoms with Crippen molar-refractivity contribution in [3.63, 3.8) is 0 Å². The number of carbonyl (C=O) groups excluding carboxylic acids is 1. The molecular weight excluding hydrogens is 270 g/mol. The lowest BCUT2D eigenvalue weighted by Gasteiger charge is -2.22. The van der Waals surface area contributed by atoms with Crippen LogP contribution in [-0.2, 0) is 16.0 Å². The average Bonchev–Trinajstić information content (AvgIpc) is 2.36. The second kappa shape index (κ2) is 6.16. The Morgan fingerprint density at radius 1 is 1.33 bits per heavy atom. The molecule has 1 aliphatic heterocycles. The van der Waals surface area contributed by atoms with Gasteiger partial charge in [0.2, 0.25) is 5.91 Å². The number of hydrogen-bond acceptors (Lipinski definition) is 3. The van der Waals surface area contributed by atoms with Gasteiger partial charge in [-0.05, 0) is 42.0 Å². The molecule has 0 unspecified atom stereocenters. The number of hydrogen-bond donors (Lipinski definition) is 2. The quantitative estimate of drug-likeness (QED) is 0.874. The fraction of sp³-hybridized carbons (Fsp3) is 0.500. The van der Waals surface area contributed by atoms with Crippen molar-refractivity contribution in [2.75, 3.05) is 11.9 Å². The van der Waals surface area contributed by atoms with Crippen LogP contribution in [0.1, 0.15) is 38.7 Å². The van der Waals surface area contributed by atoms with E-state index >= 15 is 0 Å². The number of aryl methyl sites for hydroxylation is 1. The van der Waals surface area contributed by atoms with Gasteiger partial charge in [0.25, 0.3) is 0 Å². The second-order valence-electron chi connectivity index (χ2n) is 6.23. The van der Waals surface area contributed by atoms with Crippen LogP contribution in [0.4, 0.5) is 5.69 Å². The van der Waals surface area contributed by atoms with E-state index in [0.29, 0.717) is 0 Å². The molecule has 21 heavy (non-hydrogen) atoms. The van der Waals surface area contributed by atoms with Crippen LogP contribution in [0.2, 0.25) is 0 Å². The molecule has 0 aromatic heterocycles. The van der Waals surface area contributed by atoms with Gasteiger partial charge in [-0.1, -0.05) is 13.8 Å². The molecule has 1 heterocycles. The summed E-state index contributed by atoms with van der Waals surface area (Å²) in [6.45, 7) is 4.30. The van der Waals surface area contributed by atoms with Gasteiger partial charge in [0.15, 0.2) is 0 Å². The second-order valence-corrected chi connectivity index (χ2v) is 6.23. The van der Waals surface area contributed by atoms with Crippen molar-refractivity contribution in [3.8, 4) is 5.75 Å². The smallest absolute Gasteiger partial charge is 0.303 e. The minimum Gasteiger partial charge on any atom is -0.493 e. The van der Waals surface area contributed by atoms with Crippen LogP contribution >= 0.6 is 0 Å². The molecule has 0 aliphatic carbocycles. The van der Waals surface area contributed by atoms with Gasteiger partial charge in [0.1, 0.15) is 5.75 Å². The van der Waals surface area contributed by atoms with Crippen LogP contribution in [-0.4, -0.2) is 23.6 Å². The fourth-order valence-corrected chi connectivity index (χ4v) is 2.55. The Morgan fingerprint density at radius 2 is 2.10 bits per heavy atom. The third kappa shape index (κ3) is 4.48. The average molecular weight is 291 g/mol. The van der Waals surface area contributed by atoms with Crippen molar-refractivity contribution in [1.82, 2.24) is 0 Å². The van der Waals surface area contributed by atoms with Crippen molar-refractivity contribution < 1.29 is 19.4 Å². The maximum Gasteiger partial charge on any atom is 0.303 e. The summed E-state index contributed by atoms with van der Waals surface area (Å²) in [4.78, 5) is 22.8. The monoisotopic (exact) mass is 291 g/mol. The van der Waals surface area contributed by atoms with Crippen molar-refractivity contribution in [2.45, 2.75) is 39.5 Å². The predicted octanol–water partition coefficient (Wildman–Crippen LogP) is 2.84. The van der Waals surface area contributed by atoms with Crippen LogP contribution in [0, 0.1) is 5.41 Å². The standard InChI is InChI=1S/C16H21NO4/c1-16(2,10-15(19)20)9-14(18)17-12-5-6-13-11(8-12)4-3-7-21-13/h5-6,8H,3-4,7,9-10H2,1-2H3,(H,17,18)(H,19,20). The van der Waals surface area contributed by atoms with Gasteiger partial charge < -0.3 is 15.2 Å². The molecule has 5 heteroatoms. The number of carboxylic acid groups (broad SMARTS) is 1. The molecule has 0 bridgehead atoms. The van der Waals surface area contributed by atoms with E-state index in [1.165, 1.54) is 0 Å². The summed E-state index contributed by atoms with van der Waals surface area (Å²) >= 11 is 0. The molecule has 5 nitrogen and oxygen atoms in total. The highest BCUT2D eigenvalue weighted by Gasteiger charge is 2.25. The zero-order valence-corrected chi connectivity index (χ0v) is 12.4. The molecule has 2 rings (SSSR count). The molecule has 2 N–H and O–H groups in total. The third-order valence-electron chi connectivity index (χ3n) is 3.46. The number of carbonyl (C=O) groups is 2. The number of benzene rings is 1. The topological polar surface area (TPSA) is 75.6 Å². The lowest BCUT2D eigenvalue weighted by Crippen LogP contribution is -2.24. The highest BCUT2D eigenvalue weighted by molar-refractivity contribution is 5.91. The van der Waals surface area contributed by atoms with Crippen LogP contribution in [0.5, 0.6) is 5.75 Å². The number of aliphatic carboxylic acids is 1. The van der Waals surface area contributed by atoms with Crippen LogP contribution in [0.15, 0.2) is 18.2 Å². The lowest BCUT2D eigenvalue weighted by molar-refractivity contribution is -0.139. The van der Waals surface area contributed by atoms with E-state index in [0.717, 1.165) is 36.4 Å². The van der Waals surface area contributed by atoms with E-state index < -0.39 is 11.4 Å². The minimum absolute atomic E-state index is 0.0293. The number of rotatable bonds is 5. The molecule has 0 atom stereocenters. The summed E-state index contributed by atoms with van der Waals surface area (Å²) in [6.07, 6.45) is 2.07. The summed E-state index contributed by atoms with van der Waals surface area (Å²) in [6, 6.07) is 5.61. The normalized spacial score (nSPS) is 14.0. The number of anilines is 1. The molecule has 0 saturated heterocycles. The minimum atomic E-state index is -0.890. The van der Waals surface area contributed by atoms with E-state index in [-0.39, 0.29) is 18.7 Å². The van der Waals surface area contributed by atoms with Gasteiger partial charge in [0, 0.05) is 12.1 Å². The van der Waals surface area contributed by atoms with Crippen LogP contribution < -0.4 is 10.1 Å². The zero-order chi connectivity index (χ0) is 15.5. The van der Waals surface area contributed by atoms with Crippen molar-refractivity contribution in [2.24, 2.45) is 5.41 Å². The Labute approximate surface area is 124 Å². The molecule has 114 valence electrons. The van der Waals surface area contributed by atoms with Crippen molar-refractivity contribution >= 4 is 17.6 Å². The first kappa shape index (κ1) is 15.4. The molecule has 1 aliphatic rings. The Balaban J connectivity index is 1.98. The summed E-state index contributed by atoms with van der Waals surface area (Å²) in [5.41, 5.74) is 1.27. The van der Waals surface area contributed by atoms with Gasteiger partial charge in [-0.2, -0.15) is 0 Å². The van der Waals surface area contributed by atoms with E-state index in [1.807, 2.05) is 18.2 Å². The molecule has 0 fully saturated rings. The van der Waals surface area contributed by atoms with E-state index in [9.17, 15) is 9.59 Å². The molecule has 1 aromatic carbocycles. The number of carboxylic acids is 1. The summed E-state index contributed by atoms with van der Waals surface area (Å²) in [5, 5.41) is 11.7. The third-order valence-corrected chi connectivity index (χ3v) is 3.46. The predicted molar refractivity (Wildman–Crippen MR) is 79.5 cm³/mol. The Bertz CT molecular complexity index is 551. The summed E-state index contributed by atoms with van der Waals surface area (Å²) < 4.78 is 5.53. The first-order valence-electron chi connectivity index (χ1n) is 7.13. The highest BCUT2D eigenvalue weighted by Crippen LogP contribution is 2.29. The van der Waals surface area contributed by atoms with Crippen molar-refractivity contribution in [3.05, 3.63) is 23.8 Å². The van der Waals surface area contributed by atoms with Gasteiger partial charge >= 0.3 is 5.97 Å². The number of amides is 1. The SMILES string of the molecule is CC(C)(CC(=O)O)CC(=O)Nc1ccc2c(c1)CCCO2. The summed E-state index contributed by atoms with van der Waals surface area (Å²) in [7, 11) is 0. The largest absolute Gasteiger partial charge is 0.493 e. The number of fused-ring (bicyclic) bond motifs is 1.